The van der Waals surface area contributed by atoms with Gasteiger partial charge in [0.05, 0.1) is 21.1 Å². The minimum absolute atomic E-state index is 0.736. The molecule has 0 unspecified atom stereocenters. The monoisotopic (exact) mass is 220 g/mol. The fraction of sp³-hybridized carbons (Fsp3) is 0.462. The summed E-state index contributed by atoms with van der Waals surface area (Å²) in [6.07, 6.45) is 0. The first-order valence-electron chi connectivity index (χ1n) is 5.49. The van der Waals surface area contributed by atoms with Crippen molar-refractivity contribution < 1.29 is 4.48 Å². The number of hydrogen-bond donors (Lipinski definition) is 0. The normalized spacial score (nSPS) is 12.7. The van der Waals surface area contributed by atoms with E-state index in [2.05, 4.69) is 62.3 Å². The van der Waals surface area contributed by atoms with Gasteiger partial charge in [-0.2, -0.15) is 0 Å². The van der Waals surface area contributed by atoms with Crippen molar-refractivity contribution in [3.63, 3.8) is 0 Å². The summed E-state index contributed by atoms with van der Waals surface area (Å²) in [5.74, 6) is 1.07. The highest BCUT2D eigenvalue weighted by atomic mass is 15.4. The average Bonchev–Trinajstić information content (AvgIpc) is 2.17. The molecule has 0 spiro atoms. The highest BCUT2D eigenvalue weighted by molar-refractivity contribution is 5.72. The van der Waals surface area contributed by atoms with E-state index >= 15 is 0 Å². The zero-order chi connectivity index (χ0) is 12.2. The van der Waals surface area contributed by atoms with Crippen molar-refractivity contribution in [3.05, 3.63) is 35.9 Å². The van der Waals surface area contributed by atoms with Crippen molar-refractivity contribution in [2.45, 2.75) is 6.54 Å². The lowest BCUT2D eigenvalue weighted by molar-refractivity contribution is -0.783. The van der Waals surface area contributed by atoms with Crippen LogP contribution in [0.2, 0.25) is 0 Å². The third-order valence-electron chi connectivity index (χ3n) is 2.40. The smallest absolute Gasteiger partial charge is 0.299 e. The van der Waals surface area contributed by atoms with E-state index in [1.165, 1.54) is 5.56 Å². The predicted molar refractivity (Wildman–Crippen MR) is 69.3 cm³/mol. The molecule has 3 nitrogen and oxygen atoms in total. The maximum atomic E-state index is 4.37. The van der Waals surface area contributed by atoms with Crippen molar-refractivity contribution >= 4 is 5.96 Å². The van der Waals surface area contributed by atoms with E-state index in [1.54, 1.807) is 0 Å². The Morgan fingerprint density at radius 2 is 1.75 bits per heavy atom. The van der Waals surface area contributed by atoms with Crippen molar-refractivity contribution in [3.8, 4) is 0 Å². The summed E-state index contributed by atoms with van der Waals surface area (Å²) in [7, 11) is 10.3. The van der Waals surface area contributed by atoms with Crippen LogP contribution >= 0.6 is 0 Å². The molecule has 16 heavy (non-hydrogen) atoms. The fourth-order valence-corrected chi connectivity index (χ4v) is 1.91. The van der Waals surface area contributed by atoms with Crippen LogP contribution in [0.1, 0.15) is 5.56 Å². The Kier molecular flexibility index (Phi) is 4.07. The molecule has 0 saturated carbocycles. The van der Waals surface area contributed by atoms with Crippen LogP contribution in [0, 0.1) is 0 Å². The predicted octanol–water partition coefficient (Wildman–Crippen LogP) is 1.81. The van der Waals surface area contributed by atoms with Crippen LogP contribution in [0.4, 0.5) is 0 Å². The van der Waals surface area contributed by atoms with Gasteiger partial charge in [-0.3, -0.25) is 4.48 Å². The van der Waals surface area contributed by atoms with E-state index in [0.717, 1.165) is 17.0 Å². The van der Waals surface area contributed by atoms with E-state index in [0.29, 0.717) is 0 Å². The van der Waals surface area contributed by atoms with Gasteiger partial charge in [-0.25, -0.2) is 4.99 Å². The lowest BCUT2D eigenvalue weighted by Gasteiger charge is -2.30. The van der Waals surface area contributed by atoms with Gasteiger partial charge in [0.2, 0.25) is 0 Å². The third kappa shape index (κ3) is 3.35. The maximum Gasteiger partial charge on any atom is 0.299 e. The highest BCUT2D eigenvalue weighted by Crippen LogP contribution is 2.07. The zero-order valence-corrected chi connectivity index (χ0v) is 10.9. The third-order valence-corrected chi connectivity index (χ3v) is 2.40. The van der Waals surface area contributed by atoms with Gasteiger partial charge in [0.1, 0.15) is 0 Å². The van der Waals surface area contributed by atoms with Crippen LogP contribution < -0.4 is 0 Å². The van der Waals surface area contributed by atoms with E-state index in [4.69, 9.17) is 0 Å². The van der Waals surface area contributed by atoms with Gasteiger partial charge >= 0.3 is 0 Å². The minimum atomic E-state index is 0.736. The lowest BCUT2D eigenvalue weighted by Crippen LogP contribution is -2.49. The SMILES string of the molecule is CN=C(N(C)Cc1ccccc1)[N+](C)(C)C. The summed E-state index contributed by atoms with van der Waals surface area (Å²) in [5.41, 5.74) is 1.31. The lowest BCUT2D eigenvalue weighted by atomic mass is 10.2. The first-order valence-corrected chi connectivity index (χ1v) is 5.49. The molecule has 0 heterocycles. The number of guanidine groups is 1. The number of rotatable bonds is 2. The van der Waals surface area contributed by atoms with Gasteiger partial charge in [0.25, 0.3) is 5.96 Å². The number of aliphatic imine (C=N–C) groups is 1. The van der Waals surface area contributed by atoms with Crippen molar-refractivity contribution in [1.29, 1.82) is 0 Å². The molecule has 0 aliphatic heterocycles. The summed E-state index contributed by atoms with van der Waals surface area (Å²) >= 11 is 0. The van der Waals surface area contributed by atoms with Crippen LogP contribution in [0.25, 0.3) is 0 Å². The van der Waals surface area contributed by atoms with E-state index in [9.17, 15) is 0 Å². The van der Waals surface area contributed by atoms with Crippen LogP contribution in [-0.2, 0) is 6.54 Å². The Labute approximate surface area is 98.6 Å². The number of quaternary nitrogens is 1. The van der Waals surface area contributed by atoms with Gasteiger partial charge in [0.15, 0.2) is 0 Å². The van der Waals surface area contributed by atoms with E-state index in [-0.39, 0.29) is 0 Å². The van der Waals surface area contributed by atoms with Crippen molar-refractivity contribution in [1.82, 2.24) is 4.90 Å². The zero-order valence-electron chi connectivity index (χ0n) is 10.9. The first kappa shape index (κ1) is 12.7. The fourth-order valence-electron chi connectivity index (χ4n) is 1.91. The Morgan fingerprint density at radius 3 is 2.19 bits per heavy atom. The second-order valence-electron chi connectivity index (χ2n) is 4.88. The van der Waals surface area contributed by atoms with Gasteiger partial charge in [-0.15, -0.1) is 0 Å². The molecule has 0 aromatic heterocycles. The molecule has 0 saturated heterocycles. The molecule has 0 aliphatic rings. The largest absolute Gasteiger partial charge is 0.310 e. The summed E-state index contributed by atoms with van der Waals surface area (Å²) in [6.45, 7) is 0.892. The quantitative estimate of drug-likeness (QED) is 0.422. The van der Waals surface area contributed by atoms with Crippen LogP contribution in [-0.4, -0.2) is 50.6 Å². The molecular formula is C13H22N3+. The van der Waals surface area contributed by atoms with Crippen LogP contribution in [0.5, 0.6) is 0 Å². The van der Waals surface area contributed by atoms with Gasteiger partial charge in [0, 0.05) is 20.6 Å². The molecule has 1 aromatic carbocycles. The summed E-state index contributed by atoms with van der Waals surface area (Å²) in [4.78, 5) is 6.56. The Morgan fingerprint density at radius 1 is 1.19 bits per heavy atom. The van der Waals surface area contributed by atoms with Crippen LogP contribution in [0.3, 0.4) is 0 Å². The summed E-state index contributed by atoms with van der Waals surface area (Å²) in [5, 5.41) is 0. The van der Waals surface area contributed by atoms with Crippen LogP contribution in [0.15, 0.2) is 35.3 Å². The molecule has 1 rings (SSSR count). The van der Waals surface area contributed by atoms with Crippen molar-refractivity contribution in [2.75, 3.05) is 35.2 Å². The molecule has 0 amide bonds. The summed E-state index contributed by atoms with van der Waals surface area (Å²) < 4.78 is 0.736. The molecule has 0 bridgehead atoms. The highest BCUT2D eigenvalue weighted by Gasteiger charge is 2.21. The topological polar surface area (TPSA) is 15.6 Å². The Bertz CT molecular complexity index is 349. The Balaban J connectivity index is 2.76. The molecule has 1 aromatic rings. The number of hydrogen-bond acceptors (Lipinski definition) is 1. The molecule has 88 valence electrons. The number of nitrogens with zero attached hydrogens (tertiary/aromatic N) is 3. The molecule has 0 atom stereocenters. The van der Waals surface area contributed by atoms with E-state index in [1.807, 2.05) is 13.1 Å². The second kappa shape index (κ2) is 5.12. The average molecular weight is 220 g/mol. The molecule has 3 heteroatoms. The van der Waals surface area contributed by atoms with Gasteiger partial charge in [-0.1, -0.05) is 30.3 Å². The molecule has 0 radical (unpaired) electrons. The molecule has 0 fully saturated rings. The first-order chi connectivity index (χ1) is 7.45. The maximum absolute atomic E-state index is 4.37. The molecule has 0 aliphatic carbocycles. The standard InChI is InChI=1S/C13H22N3/c1-14-13(16(3,4)5)15(2)11-12-9-7-6-8-10-12/h6-10H,11H2,1-5H3/q+1. The number of benzene rings is 1. The van der Waals surface area contributed by atoms with E-state index < -0.39 is 0 Å². The van der Waals surface area contributed by atoms with Gasteiger partial charge < -0.3 is 4.90 Å². The van der Waals surface area contributed by atoms with Crippen molar-refractivity contribution in [2.24, 2.45) is 4.99 Å². The molecule has 0 N–H and O–H groups in total. The summed E-state index contributed by atoms with van der Waals surface area (Å²) in [6, 6.07) is 10.5. The van der Waals surface area contributed by atoms with Gasteiger partial charge in [-0.05, 0) is 5.56 Å². The molecular weight excluding hydrogens is 198 g/mol. The Hall–Kier alpha value is -1.35. The minimum Gasteiger partial charge on any atom is -0.310 e. The second-order valence-corrected chi connectivity index (χ2v) is 4.88.